The van der Waals surface area contributed by atoms with Crippen LogP contribution in [0.3, 0.4) is 0 Å². The fraction of sp³-hybridized carbons (Fsp3) is 0.471. The van der Waals surface area contributed by atoms with Crippen molar-refractivity contribution in [2.24, 2.45) is 0 Å². The molecule has 7 heteroatoms. The first-order chi connectivity index (χ1) is 11.2. The number of rotatable bonds is 4. The van der Waals surface area contributed by atoms with E-state index >= 15 is 0 Å². The van der Waals surface area contributed by atoms with Gasteiger partial charge in [-0.1, -0.05) is 30.3 Å². The van der Waals surface area contributed by atoms with Crippen molar-refractivity contribution in [1.82, 2.24) is 20.3 Å². The van der Waals surface area contributed by atoms with Crippen LogP contribution in [0, 0.1) is 6.92 Å². The number of benzene rings is 1. The predicted molar refractivity (Wildman–Crippen MR) is 96.9 cm³/mol. The fourth-order valence-corrected chi connectivity index (χ4v) is 3.08. The third-order valence-electron chi connectivity index (χ3n) is 4.44. The number of hydrogen-bond acceptors (Lipinski definition) is 4. The summed E-state index contributed by atoms with van der Waals surface area (Å²) in [6.07, 6.45) is 2.91. The highest BCUT2D eigenvalue weighted by atomic mass is 35.5. The fourth-order valence-electron chi connectivity index (χ4n) is 3.08. The van der Waals surface area contributed by atoms with Crippen LogP contribution in [0.15, 0.2) is 24.3 Å². The highest BCUT2D eigenvalue weighted by Gasteiger charge is 2.23. The Kier molecular flexibility index (Phi) is 6.34. The molecule has 1 aromatic heterocycles. The van der Waals surface area contributed by atoms with Crippen molar-refractivity contribution in [3.05, 3.63) is 41.2 Å². The van der Waals surface area contributed by atoms with Crippen molar-refractivity contribution in [2.45, 2.75) is 39.2 Å². The van der Waals surface area contributed by atoms with E-state index in [2.05, 4.69) is 27.9 Å². The van der Waals surface area contributed by atoms with Gasteiger partial charge in [0.15, 0.2) is 5.69 Å². The summed E-state index contributed by atoms with van der Waals surface area (Å²) in [5.74, 6) is -0.191. The summed E-state index contributed by atoms with van der Waals surface area (Å²) in [6.45, 7) is 5.96. The Labute approximate surface area is 148 Å². The van der Waals surface area contributed by atoms with Gasteiger partial charge < -0.3 is 10.6 Å². The third-order valence-corrected chi connectivity index (χ3v) is 4.44. The van der Waals surface area contributed by atoms with Crippen LogP contribution in [0.25, 0.3) is 0 Å². The Balaban J connectivity index is 0.00000208. The molecular weight excluding hydrogens is 326 g/mol. The Morgan fingerprint density at radius 1 is 1.33 bits per heavy atom. The van der Waals surface area contributed by atoms with Gasteiger partial charge in [-0.3, -0.25) is 4.79 Å². The predicted octanol–water partition coefficient (Wildman–Crippen LogP) is 2.75. The van der Waals surface area contributed by atoms with Gasteiger partial charge in [0, 0.05) is 5.69 Å². The van der Waals surface area contributed by atoms with Crippen LogP contribution in [0.2, 0.25) is 0 Å². The zero-order valence-electron chi connectivity index (χ0n) is 14.1. The molecule has 6 nitrogen and oxygen atoms in total. The van der Waals surface area contributed by atoms with E-state index in [9.17, 15) is 4.79 Å². The van der Waals surface area contributed by atoms with Gasteiger partial charge >= 0.3 is 0 Å². The summed E-state index contributed by atoms with van der Waals surface area (Å²) in [5.41, 5.74) is 3.21. The minimum absolute atomic E-state index is 0. The summed E-state index contributed by atoms with van der Waals surface area (Å²) < 4.78 is 1.90. The maximum Gasteiger partial charge on any atom is 0.278 e. The molecule has 0 aliphatic carbocycles. The maximum absolute atomic E-state index is 12.6. The number of hydrogen-bond donors (Lipinski definition) is 2. The van der Waals surface area contributed by atoms with Crippen LogP contribution >= 0.6 is 12.4 Å². The van der Waals surface area contributed by atoms with Gasteiger partial charge in [-0.25, -0.2) is 4.68 Å². The van der Waals surface area contributed by atoms with Gasteiger partial charge in [0.25, 0.3) is 5.91 Å². The topological polar surface area (TPSA) is 71.8 Å². The molecule has 1 aromatic carbocycles. The van der Waals surface area contributed by atoms with E-state index in [-0.39, 0.29) is 18.3 Å². The van der Waals surface area contributed by atoms with Crippen LogP contribution in [-0.2, 0) is 6.42 Å². The average molecular weight is 350 g/mol. The molecule has 1 aliphatic rings. The number of nitrogens with one attached hydrogen (secondary N) is 2. The molecule has 2 N–H and O–H groups in total. The number of aromatic nitrogens is 3. The number of halogens is 1. The second-order valence-electron chi connectivity index (χ2n) is 5.91. The lowest BCUT2D eigenvalue weighted by molar-refractivity contribution is 0.102. The molecule has 0 bridgehead atoms. The molecule has 130 valence electrons. The van der Waals surface area contributed by atoms with Crippen molar-refractivity contribution in [3.63, 3.8) is 0 Å². The molecule has 0 spiro atoms. The van der Waals surface area contributed by atoms with Gasteiger partial charge in [-0.2, -0.15) is 0 Å². The summed E-state index contributed by atoms with van der Waals surface area (Å²) in [4.78, 5) is 12.6. The first kappa shape index (κ1) is 18.4. The Morgan fingerprint density at radius 3 is 2.75 bits per heavy atom. The third kappa shape index (κ3) is 3.76. The van der Waals surface area contributed by atoms with Crippen molar-refractivity contribution < 1.29 is 4.79 Å². The Hall–Kier alpha value is -1.92. The number of nitrogens with zero attached hydrogens (tertiary/aromatic N) is 3. The normalized spacial score (nSPS) is 14.9. The van der Waals surface area contributed by atoms with Crippen LogP contribution in [0.4, 0.5) is 5.69 Å². The molecule has 0 radical (unpaired) electrons. The second kappa shape index (κ2) is 8.26. The zero-order valence-corrected chi connectivity index (χ0v) is 14.9. The molecular formula is C17H24ClN5O. The van der Waals surface area contributed by atoms with Crippen LogP contribution < -0.4 is 10.6 Å². The van der Waals surface area contributed by atoms with E-state index in [1.54, 1.807) is 0 Å². The molecule has 1 fully saturated rings. The largest absolute Gasteiger partial charge is 0.320 e. The van der Waals surface area contributed by atoms with Gasteiger partial charge in [-0.05, 0) is 50.9 Å². The molecule has 2 aromatic rings. The van der Waals surface area contributed by atoms with Crippen LogP contribution in [0.1, 0.15) is 47.6 Å². The first-order valence-corrected chi connectivity index (χ1v) is 8.22. The lowest BCUT2D eigenvalue weighted by Crippen LogP contribution is -2.30. The average Bonchev–Trinajstić information content (AvgIpc) is 2.98. The van der Waals surface area contributed by atoms with Crippen LogP contribution in [-0.4, -0.2) is 34.0 Å². The lowest BCUT2D eigenvalue weighted by Gasteiger charge is -2.23. The number of anilines is 1. The Morgan fingerprint density at radius 2 is 2.04 bits per heavy atom. The quantitative estimate of drug-likeness (QED) is 0.890. The Bertz CT molecular complexity index is 694. The number of aryl methyl sites for hydroxylation is 1. The molecule has 0 atom stereocenters. The van der Waals surface area contributed by atoms with E-state index < -0.39 is 0 Å². The summed E-state index contributed by atoms with van der Waals surface area (Å²) >= 11 is 0. The highest BCUT2D eigenvalue weighted by molar-refractivity contribution is 6.03. The molecule has 1 saturated heterocycles. The maximum atomic E-state index is 12.6. The first-order valence-electron chi connectivity index (χ1n) is 8.22. The van der Waals surface area contributed by atoms with Crippen molar-refractivity contribution in [1.29, 1.82) is 0 Å². The summed E-state index contributed by atoms with van der Waals surface area (Å²) in [6, 6.07) is 8.17. The van der Waals surface area contributed by atoms with Gasteiger partial charge in [0.05, 0.1) is 11.7 Å². The highest BCUT2D eigenvalue weighted by Crippen LogP contribution is 2.21. The van der Waals surface area contributed by atoms with E-state index in [4.69, 9.17) is 0 Å². The minimum atomic E-state index is -0.191. The number of carbonyl (C=O) groups is 1. The monoisotopic (exact) mass is 349 g/mol. The van der Waals surface area contributed by atoms with Gasteiger partial charge in [-0.15, -0.1) is 17.5 Å². The standard InChI is InChI=1S/C17H23N5O.ClH/c1-3-13-6-4-5-7-15(13)19-17(23)16-12(2)22(21-20-16)14-8-10-18-11-9-14;/h4-7,14,18H,3,8-11H2,1-2H3,(H,19,23);1H. The van der Waals surface area contributed by atoms with E-state index in [1.165, 1.54) is 0 Å². The molecule has 24 heavy (non-hydrogen) atoms. The van der Waals surface area contributed by atoms with E-state index in [0.717, 1.165) is 49.3 Å². The van der Waals surface area contributed by atoms with Crippen molar-refractivity contribution in [2.75, 3.05) is 18.4 Å². The zero-order chi connectivity index (χ0) is 16.2. The number of piperidine rings is 1. The number of amides is 1. The van der Waals surface area contributed by atoms with Crippen molar-refractivity contribution >= 4 is 24.0 Å². The number of para-hydroxylation sites is 1. The minimum Gasteiger partial charge on any atom is -0.320 e. The SMILES string of the molecule is CCc1ccccc1NC(=O)c1nnn(C2CCNCC2)c1C.Cl. The molecule has 0 saturated carbocycles. The molecule has 2 heterocycles. The van der Waals surface area contributed by atoms with Gasteiger partial charge in [0.2, 0.25) is 0 Å². The molecule has 3 rings (SSSR count). The van der Waals surface area contributed by atoms with E-state index in [1.807, 2.05) is 35.9 Å². The molecule has 0 unspecified atom stereocenters. The number of carbonyl (C=O) groups excluding carboxylic acids is 1. The smallest absolute Gasteiger partial charge is 0.278 e. The summed E-state index contributed by atoms with van der Waals surface area (Å²) in [7, 11) is 0. The van der Waals surface area contributed by atoms with Gasteiger partial charge in [0.1, 0.15) is 0 Å². The lowest BCUT2D eigenvalue weighted by atomic mass is 10.1. The molecule has 1 aliphatic heterocycles. The molecule has 1 amide bonds. The second-order valence-corrected chi connectivity index (χ2v) is 5.91. The van der Waals surface area contributed by atoms with Crippen molar-refractivity contribution in [3.8, 4) is 0 Å². The van der Waals surface area contributed by atoms with Crippen LogP contribution in [0.5, 0.6) is 0 Å². The van der Waals surface area contributed by atoms with E-state index in [0.29, 0.717) is 11.7 Å². The summed E-state index contributed by atoms with van der Waals surface area (Å²) in [5, 5.41) is 14.7.